The maximum absolute atomic E-state index is 12.8. The van der Waals surface area contributed by atoms with Gasteiger partial charge in [0.05, 0.1) is 67.1 Å². The minimum absolute atomic E-state index is 0.0145. The van der Waals surface area contributed by atoms with E-state index >= 15 is 0 Å². The molecule has 0 spiro atoms. The molecular weight excluding hydrogens is 1490 g/mol. The number of hydrogen-bond donors (Lipinski definition) is 0. The molecule has 30 heteroatoms. The molecule has 0 N–H and O–H groups in total. The fourth-order valence-electron chi connectivity index (χ4n) is 10.1. The van der Waals surface area contributed by atoms with E-state index in [0.717, 1.165) is 19.8 Å². The van der Waals surface area contributed by atoms with Gasteiger partial charge >= 0.3 is 36.6 Å². The predicted molar refractivity (Wildman–Crippen MR) is 389 cm³/mol. The molecule has 12 aliphatic rings. The summed E-state index contributed by atoms with van der Waals surface area (Å²) in [6.07, 6.45) is -27.2. The zero-order chi connectivity index (χ0) is 88.7. The largest absolute Gasteiger partial charge is 0.429 e. The fraction of sp³-hybridized carbons (Fsp3) is 1.00. The third-order valence-corrected chi connectivity index (χ3v) is 20.1. The molecule has 0 aromatic carbocycles. The van der Waals surface area contributed by atoms with Crippen molar-refractivity contribution in [2.75, 3.05) is 26.4 Å². The van der Waals surface area contributed by atoms with Gasteiger partial charge in [-0.25, -0.2) is 22.0 Å². The van der Waals surface area contributed by atoms with E-state index in [1.165, 1.54) is 41.5 Å². The van der Waals surface area contributed by atoms with Gasteiger partial charge in [0.1, 0.15) is 18.8 Å². The number of epoxide rings is 12. The SMILES string of the molecule is CC(C)(C)C1(C)CO1.CC(C)(C)C1(C)CO1.CC(C)(C)C1(F)CO1.CC(C)(C)C1(F)OC1(F)F.CC(C)(C)C1(F)OC1F.CC(C)(C)C1CO1.CC(C)(C)C1OC1(C(F)(F)F)C(F)(F)F.CC(C)(C)C1OC1(C)C.CC(C)(C)C1OC1(F)F.CC(C)(C)C1OC1C(F)(F)F.CC(C)(C)C1OC1F.CC1OC1C(C)(C)C. The number of halogens is 18. The van der Waals surface area contributed by atoms with E-state index in [9.17, 15) is 79.0 Å². The van der Waals surface area contributed by atoms with Crippen molar-refractivity contribution in [2.45, 2.75) is 422 Å². The highest BCUT2D eigenvalue weighted by Crippen LogP contribution is 2.64. The Hall–Kier alpha value is -1.74. The molecular formula is C80H142F18O12. The van der Waals surface area contributed by atoms with E-state index < -0.39 is 118 Å². The summed E-state index contributed by atoms with van der Waals surface area (Å²) in [5.41, 5.74) is -6.01. The van der Waals surface area contributed by atoms with Crippen molar-refractivity contribution < 1.29 is 136 Å². The minimum atomic E-state index is -5.43. The molecule has 0 aliphatic carbocycles. The van der Waals surface area contributed by atoms with Crippen LogP contribution in [0.5, 0.6) is 0 Å². The molecule has 0 radical (unpaired) electrons. The highest BCUT2D eigenvalue weighted by atomic mass is 19.4. The molecule has 660 valence electrons. The molecule has 0 bridgehead atoms. The number of hydrogen-bond acceptors (Lipinski definition) is 12. The van der Waals surface area contributed by atoms with Crippen molar-refractivity contribution >= 4 is 0 Å². The second kappa shape index (κ2) is 33.1. The Morgan fingerprint density at radius 3 is 0.664 bits per heavy atom. The van der Waals surface area contributed by atoms with Gasteiger partial charge in [-0.15, -0.1) is 0 Å². The Morgan fingerprint density at radius 2 is 0.645 bits per heavy atom. The van der Waals surface area contributed by atoms with E-state index in [4.69, 9.17) is 23.7 Å². The molecule has 0 amide bonds. The number of rotatable bonds is 0. The zero-order valence-corrected chi connectivity index (χ0v) is 73.9. The number of alkyl halides is 18. The molecule has 12 rings (SSSR count). The normalized spacial score (nSPS) is 34.7. The molecule has 110 heavy (non-hydrogen) atoms. The summed E-state index contributed by atoms with van der Waals surface area (Å²) in [5, 5.41) is 0. The summed E-state index contributed by atoms with van der Waals surface area (Å²) < 4.78 is 276. The summed E-state index contributed by atoms with van der Waals surface area (Å²) >= 11 is 0. The Labute approximate surface area is 647 Å². The van der Waals surface area contributed by atoms with E-state index in [2.05, 4.69) is 172 Å². The van der Waals surface area contributed by atoms with Crippen molar-refractivity contribution in [3.05, 3.63) is 0 Å². The molecule has 12 aliphatic heterocycles. The lowest BCUT2D eigenvalue weighted by Crippen LogP contribution is -2.50. The Bertz CT molecular complexity index is 2710. The van der Waals surface area contributed by atoms with E-state index in [-0.39, 0.29) is 40.3 Å². The van der Waals surface area contributed by atoms with Gasteiger partial charge in [-0.1, -0.05) is 249 Å². The van der Waals surface area contributed by atoms with Crippen molar-refractivity contribution in [1.29, 1.82) is 0 Å². The average molecular weight is 1640 g/mol. The van der Waals surface area contributed by atoms with Gasteiger partial charge < -0.3 is 52.1 Å². The average Bonchev–Trinajstić information content (AvgIpc) is 1.52. The first-order valence-electron chi connectivity index (χ1n) is 37.6. The maximum Gasteiger partial charge on any atom is 0.429 e. The van der Waals surface area contributed by atoms with Crippen LogP contribution in [0.25, 0.3) is 0 Å². The van der Waals surface area contributed by atoms with Gasteiger partial charge in [0, 0.05) is 16.2 Å². The van der Waals surface area contributed by atoms with Gasteiger partial charge in [0.25, 0.3) is 17.8 Å². The van der Waals surface area contributed by atoms with Crippen LogP contribution in [0.3, 0.4) is 0 Å². The van der Waals surface area contributed by atoms with E-state index in [0.29, 0.717) is 51.5 Å². The van der Waals surface area contributed by atoms with Gasteiger partial charge in [0.2, 0.25) is 12.2 Å². The Morgan fingerprint density at radius 1 is 0.345 bits per heavy atom. The Kier molecular flexibility index (Phi) is 32.0. The first-order valence-corrected chi connectivity index (χ1v) is 37.6. The van der Waals surface area contributed by atoms with Gasteiger partial charge in [-0.3, -0.25) is 4.74 Å². The monoisotopic (exact) mass is 1640 g/mol. The van der Waals surface area contributed by atoms with Crippen molar-refractivity contribution in [1.82, 2.24) is 0 Å². The summed E-state index contributed by atoms with van der Waals surface area (Å²) in [7, 11) is 0. The third-order valence-electron chi connectivity index (χ3n) is 20.1. The van der Waals surface area contributed by atoms with Crippen LogP contribution < -0.4 is 0 Å². The van der Waals surface area contributed by atoms with E-state index in [1.54, 1.807) is 62.3 Å². The smallest absolute Gasteiger partial charge is 0.373 e. The molecule has 0 saturated carbocycles. The molecule has 12 fully saturated rings. The predicted octanol–water partition coefficient (Wildman–Crippen LogP) is 24.6. The summed E-state index contributed by atoms with van der Waals surface area (Å²) in [6.45, 7) is 81.5. The molecule has 16 unspecified atom stereocenters. The number of ether oxygens (including phenoxy) is 12. The van der Waals surface area contributed by atoms with Gasteiger partial charge in [-0.2, -0.15) is 57.1 Å². The topological polar surface area (TPSA) is 150 Å². The van der Waals surface area contributed by atoms with Crippen LogP contribution in [0.15, 0.2) is 0 Å². The lowest BCUT2D eigenvalue weighted by atomic mass is 9.82. The van der Waals surface area contributed by atoms with Crippen LogP contribution in [-0.2, 0) is 56.8 Å². The molecule has 0 aromatic rings. The first kappa shape index (κ1) is 106. The lowest BCUT2D eigenvalue weighted by Gasteiger charge is -2.23. The van der Waals surface area contributed by atoms with Crippen molar-refractivity contribution in [2.24, 2.45) is 65.0 Å². The van der Waals surface area contributed by atoms with E-state index in [1.807, 2.05) is 41.5 Å². The Balaban J connectivity index is 0.000000603. The standard InChI is InChI=1S/C8H10F6O.C8H16O.C7H11F3O.3C7H14O.C6H9F3O.2C6H10F2O.2C6H11FO.C6H12O/c1-5(2,3)4-6(15-4,7(9,10)11)8(12,13)14;1-7(2,3)6-8(4,5)9-6;1-6(2,3)4-5(11-4)7(8,9)10;2*1-6(2,3)7(4)5-8-7;1-5-6(8-5)7(2,3)4;1-4(2,3)5(7)6(8,9)10-5;1-5(2,3)6(8)4(7)9-6;1-5(2,3)4-6(7,8)9-4;1-6(2,3)4-5(7)8-4;1-5(2,3)6(7)4-8-6;1-6(2,3)5-4-7-5/h4H,1-3H3;6H,1-5H3;4-5H,1-3H3;2*5H2,1-4H3;5-6H,1-4H3;1-3H3;2*4H,1-3H3;4-5H,1-3H3;4H2,1-3H3;5H,4H2,1-3H3. The third kappa shape index (κ3) is 31.2. The highest BCUT2D eigenvalue weighted by molar-refractivity contribution is 5.17. The lowest BCUT2D eigenvalue weighted by molar-refractivity contribution is -0.292. The summed E-state index contributed by atoms with van der Waals surface area (Å²) in [5.74, 6) is -6.08. The van der Waals surface area contributed by atoms with Crippen LogP contribution in [0.1, 0.15) is 284 Å². The van der Waals surface area contributed by atoms with Crippen LogP contribution >= 0.6 is 0 Å². The van der Waals surface area contributed by atoms with Crippen molar-refractivity contribution in [3.63, 3.8) is 0 Å². The summed E-state index contributed by atoms with van der Waals surface area (Å²) in [4.78, 5) is 0. The van der Waals surface area contributed by atoms with Gasteiger partial charge in [-0.05, 0) is 83.4 Å². The zero-order valence-electron chi connectivity index (χ0n) is 73.9. The molecule has 0 aromatic heterocycles. The second-order valence-corrected chi connectivity index (χ2v) is 44.1. The molecule has 16 atom stereocenters. The molecule has 12 saturated heterocycles. The second-order valence-electron chi connectivity index (χ2n) is 44.1. The van der Waals surface area contributed by atoms with Crippen molar-refractivity contribution in [3.8, 4) is 0 Å². The molecule has 12 nitrogen and oxygen atoms in total. The van der Waals surface area contributed by atoms with Crippen LogP contribution in [-0.4, -0.2) is 165 Å². The van der Waals surface area contributed by atoms with Gasteiger partial charge in [0.15, 0.2) is 12.2 Å². The van der Waals surface area contributed by atoms with Crippen LogP contribution in [0, 0.1) is 65.0 Å². The minimum Gasteiger partial charge on any atom is -0.373 e. The maximum atomic E-state index is 12.8. The first-order chi connectivity index (χ1) is 47.3. The quantitative estimate of drug-likeness (QED) is 0.168. The fourth-order valence-corrected chi connectivity index (χ4v) is 10.1. The summed E-state index contributed by atoms with van der Waals surface area (Å²) in [6, 6.07) is 0. The van der Waals surface area contributed by atoms with Crippen LogP contribution in [0.2, 0.25) is 0 Å². The highest BCUT2D eigenvalue weighted by Gasteiger charge is 2.88. The molecule has 12 heterocycles. The van der Waals surface area contributed by atoms with Crippen LogP contribution in [0.4, 0.5) is 79.0 Å².